The van der Waals surface area contributed by atoms with E-state index in [9.17, 15) is 4.79 Å². The van der Waals surface area contributed by atoms with Crippen LogP contribution in [0.5, 0.6) is 0 Å². The quantitative estimate of drug-likeness (QED) is 0.775. The number of rotatable bonds is 3. The molecule has 0 aliphatic carbocycles. The number of carbonyl (C=O) groups is 1. The molecule has 0 aromatic rings. The third-order valence-corrected chi connectivity index (χ3v) is 3.71. The highest BCUT2D eigenvalue weighted by atomic mass is 79.9. The molecule has 0 bridgehead atoms. The molecule has 1 saturated heterocycles. The van der Waals surface area contributed by atoms with Gasteiger partial charge in [0.2, 0.25) is 0 Å². The highest BCUT2D eigenvalue weighted by molar-refractivity contribution is 9.12. The predicted molar refractivity (Wildman–Crippen MR) is 49.3 cm³/mol. The molecule has 11 heavy (non-hydrogen) atoms. The Balaban J connectivity index is 2.39. The van der Waals surface area contributed by atoms with Gasteiger partial charge in [-0.05, 0) is 0 Å². The topological polar surface area (TPSA) is 38.3 Å². The van der Waals surface area contributed by atoms with E-state index in [4.69, 9.17) is 4.74 Å². The van der Waals surface area contributed by atoms with Gasteiger partial charge in [-0.1, -0.05) is 31.9 Å². The number of hydrogen-bond donors (Lipinski definition) is 1. The number of Topliss-reactive ketones (excluding diaryl/α,β-unsaturated/α-hetero) is 1. The highest BCUT2D eigenvalue weighted by Gasteiger charge is 2.27. The van der Waals surface area contributed by atoms with Gasteiger partial charge < -0.3 is 4.74 Å². The van der Waals surface area contributed by atoms with E-state index in [-0.39, 0.29) is 10.6 Å². The van der Waals surface area contributed by atoms with E-state index in [1.165, 1.54) is 0 Å². The van der Waals surface area contributed by atoms with E-state index in [2.05, 4.69) is 37.2 Å². The lowest BCUT2D eigenvalue weighted by Crippen LogP contribution is -2.37. The molecule has 0 spiro atoms. The fourth-order valence-corrected chi connectivity index (χ4v) is 1.41. The first-order chi connectivity index (χ1) is 5.25. The van der Waals surface area contributed by atoms with E-state index >= 15 is 0 Å². The molecule has 1 fully saturated rings. The van der Waals surface area contributed by atoms with Crippen LogP contribution < -0.4 is 5.32 Å². The van der Waals surface area contributed by atoms with E-state index < -0.39 is 6.23 Å². The molecule has 64 valence electrons. The van der Waals surface area contributed by atoms with Crippen LogP contribution in [-0.2, 0) is 9.53 Å². The number of carbonyl (C=O) groups excluding carboxylic acids is 1. The molecule has 0 saturated carbocycles. The Morgan fingerprint density at radius 3 is 3.00 bits per heavy atom. The average Bonchev–Trinajstić information content (AvgIpc) is 2.53. The Kier molecular flexibility index (Phi) is 3.98. The molecule has 5 heteroatoms. The van der Waals surface area contributed by atoms with Crippen LogP contribution in [0.15, 0.2) is 0 Å². The van der Waals surface area contributed by atoms with Crippen molar-refractivity contribution in [1.82, 2.24) is 5.32 Å². The van der Waals surface area contributed by atoms with Crippen LogP contribution in [0.1, 0.15) is 0 Å². The number of ether oxygens (including phenoxy) is 1. The summed E-state index contributed by atoms with van der Waals surface area (Å²) in [6.07, 6.45) is -0.406. The molecule has 1 rings (SSSR count). The molecule has 2 unspecified atom stereocenters. The number of ketones is 1. The molecule has 0 aromatic carbocycles. The maximum Gasteiger partial charge on any atom is 0.190 e. The average molecular weight is 287 g/mol. The van der Waals surface area contributed by atoms with Crippen LogP contribution in [0.25, 0.3) is 0 Å². The van der Waals surface area contributed by atoms with Crippen molar-refractivity contribution in [3.8, 4) is 0 Å². The number of hydrogen-bond acceptors (Lipinski definition) is 3. The largest absolute Gasteiger partial charge is 0.355 e. The van der Waals surface area contributed by atoms with Gasteiger partial charge in [0.25, 0.3) is 0 Å². The summed E-state index contributed by atoms with van der Waals surface area (Å²) < 4.78 is 5.13. The van der Waals surface area contributed by atoms with Gasteiger partial charge in [-0.2, -0.15) is 0 Å². The number of alkyl halides is 2. The second-order valence-corrected chi connectivity index (χ2v) is 3.98. The van der Waals surface area contributed by atoms with E-state index in [0.717, 1.165) is 6.54 Å². The van der Waals surface area contributed by atoms with Crippen molar-refractivity contribution in [1.29, 1.82) is 0 Å². The van der Waals surface area contributed by atoms with Gasteiger partial charge in [-0.3, -0.25) is 10.1 Å². The van der Waals surface area contributed by atoms with Crippen molar-refractivity contribution in [2.45, 2.75) is 11.1 Å². The van der Waals surface area contributed by atoms with Gasteiger partial charge in [0.05, 0.1) is 11.4 Å². The van der Waals surface area contributed by atoms with Gasteiger partial charge in [0.15, 0.2) is 12.0 Å². The minimum atomic E-state index is -0.406. The molecule has 2 atom stereocenters. The van der Waals surface area contributed by atoms with E-state index in [1.807, 2.05) is 0 Å². The van der Waals surface area contributed by atoms with Crippen molar-refractivity contribution in [3.05, 3.63) is 0 Å². The summed E-state index contributed by atoms with van der Waals surface area (Å²) in [5.74, 6) is 0.0550. The lowest BCUT2D eigenvalue weighted by atomic mass is 10.3. The molecule has 0 radical (unpaired) electrons. The first kappa shape index (κ1) is 9.64. The summed E-state index contributed by atoms with van der Waals surface area (Å²) in [6.45, 7) is 1.39. The van der Waals surface area contributed by atoms with Crippen molar-refractivity contribution in [2.75, 3.05) is 18.5 Å². The van der Waals surface area contributed by atoms with Crippen LogP contribution >= 0.6 is 31.9 Å². The molecule has 1 N–H and O–H groups in total. The van der Waals surface area contributed by atoms with Crippen LogP contribution in [0.4, 0.5) is 0 Å². The summed E-state index contributed by atoms with van der Waals surface area (Å²) in [5.41, 5.74) is 0. The molecule has 1 aliphatic heterocycles. The van der Waals surface area contributed by atoms with Gasteiger partial charge in [-0.25, -0.2) is 0 Å². The van der Waals surface area contributed by atoms with Crippen molar-refractivity contribution in [2.24, 2.45) is 0 Å². The fraction of sp³-hybridized carbons (Fsp3) is 0.833. The predicted octanol–water partition coefficient (Wildman–Crippen LogP) is 0.660. The van der Waals surface area contributed by atoms with Gasteiger partial charge in [0, 0.05) is 11.9 Å². The first-order valence-corrected chi connectivity index (χ1v) is 5.38. The lowest BCUT2D eigenvalue weighted by molar-refractivity contribution is -0.127. The second kappa shape index (κ2) is 4.54. The maximum absolute atomic E-state index is 11.3. The Bertz CT molecular complexity index is 148. The summed E-state index contributed by atoms with van der Waals surface area (Å²) >= 11 is 6.45. The molecule has 0 aromatic heterocycles. The molecule has 1 aliphatic rings. The van der Waals surface area contributed by atoms with Gasteiger partial charge in [-0.15, -0.1) is 0 Å². The molecular formula is C6H9Br2NO2. The summed E-state index contributed by atoms with van der Waals surface area (Å²) in [4.78, 5) is 11.2. The van der Waals surface area contributed by atoms with Crippen LogP contribution in [0.3, 0.4) is 0 Å². The fourth-order valence-electron chi connectivity index (χ4n) is 0.849. The lowest BCUT2D eigenvalue weighted by Gasteiger charge is -2.10. The van der Waals surface area contributed by atoms with Crippen molar-refractivity contribution >= 4 is 37.6 Å². The van der Waals surface area contributed by atoms with Gasteiger partial charge >= 0.3 is 0 Å². The highest BCUT2D eigenvalue weighted by Crippen LogP contribution is 2.10. The van der Waals surface area contributed by atoms with Crippen molar-refractivity contribution in [3.63, 3.8) is 0 Å². The zero-order chi connectivity index (χ0) is 8.27. The van der Waals surface area contributed by atoms with E-state index in [0.29, 0.717) is 11.9 Å². The molecular weight excluding hydrogens is 278 g/mol. The number of halogens is 2. The summed E-state index contributed by atoms with van der Waals surface area (Å²) in [6, 6.07) is 0. The Labute approximate surface area is 82.1 Å². The normalized spacial score (nSPS) is 26.9. The standard InChI is InChI=1S/C6H9Br2NO2/c7-3-4(8)5(10)6-9-1-2-11-6/h4,6,9H,1-3H2. The second-order valence-electron chi connectivity index (χ2n) is 2.23. The zero-order valence-electron chi connectivity index (χ0n) is 5.85. The van der Waals surface area contributed by atoms with E-state index in [1.54, 1.807) is 0 Å². The molecule has 3 nitrogen and oxygen atoms in total. The summed E-state index contributed by atoms with van der Waals surface area (Å²) in [5, 5.41) is 3.57. The third-order valence-electron chi connectivity index (χ3n) is 1.42. The SMILES string of the molecule is O=C(C(Br)CBr)C1NCCO1. The number of nitrogens with one attached hydrogen (secondary N) is 1. The Morgan fingerprint density at radius 2 is 2.55 bits per heavy atom. The van der Waals surface area contributed by atoms with Crippen LogP contribution in [-0.4, -0.2) is 35.3 Å². The maximum atomic E-state index is 11.3. The Morgan fingerprint density at radius 1 is 1.82 bits per heavy atom. The summed E-state index contributed by atoms with van der Waals surface area (Å²) in [7, 11) is 0. The minimum absolute atomic E-state index is 0.0550. The zero-order valence-corrected chi connectivity index (χ0v) is 9.02. The van der Waals surface area contributed by atoms with Crippen LogP contribution in [0, 0.1) is 0 Å². The smallest absolute Gasteiger partial charge is 0.190 e. The third kappa shape index (κ3) is 2.50. The van der Waals surface area contributed by atoms with Crippen LogP contribution in [0.2, 0.25) is 0 Å². The molecule has 1 heterocycles. The van der Waals surface area contributed by atoms with Crippen molar-refractivity contribution < 1.29 is 9.53 Å². The molecule has 0 amide bonds. The Hall–Kier alpha value is 0.550. The monoisotopic (exact) mass is 285 g/mol. The van der Waals surface area contributed by atoms with Gasteiger partial charge in [0.1, 0.15) is 0 Å². The first-order valence-electron chi connectivity index (χ1n) is 3.34. The minimum Gasteiger partial charge on any atom is -0.355 e.